The third-order valence-electron chi connectivity index (χ3n) is 3.36. The minimum absolute atomic E-state index is 0.0601. The quantitative estimate of drug-likeness (QED) is 0.801. The highest BCUT2D eigenvalue weighted by Gasteiger charge is 2.15. The molecule has 1 aromatic carbocycles. The number of nitrogens with one attached hydrogen (secondary N) is 1. The number of aryl methyl sites for hydroxylation is 1. The SMILES string of the molecule is CCOc1ccc(OCC)c(NC(=O)c2ccc(C(=O)O)c(C)n2)c1. The third-order valence-corrected chi connectivity index (χ3v) is 3.36. The van der Waals surface area contributed by atoms with Gasteiger partial charge in [-0.3, -0.25) is 4.79 Å². The number of carboxylic acid groups (broad SMARTS) is 1. The monoisotopic (exact) mass is 344 g/mol. The lowest BCUT2D eigenvalue weighted by Crippen LogP contribution is -2.16. The number of hydrogen-bond donors (Lipinski definition) is 2. The van der Waals surface area contributed by atoms with Crippen LogP contribution in [0.2, 0.25) is 0 Å². The first-order chi connectivity index (χ1) is 12.0. The van der Waals surface area contributed by atoms with Crippen molar-refractivity contribution in [1.29, 1.82) is 0 Å². The molecular formula is C18H20N2O5. The molecule has 0 saturated heterocycles. The summed E-state index contributed by atoms with van der Waals surface area (Å²) in [5.41, 5.74) is 0.907. The van der Waals surface area contributed by atoms with Gasteiger partial charge in [0.05, 0.1) is 30.2 Å². The Labute approximate surface area is 145 Å². The molecule has 0 spiro atoms. The number of carbonyl (C=O) groups excluding carboxylic acids is 1. The molecule has 1 heterocycles. The van der Waals surface area contributed by atoms with E-state index in [1.807, 2.05) is 13.8 Å². The standard InChI is InChI=1S/C18H20N2O5/c1-4-24-12-6-9-16(25-5-2)15(10-12)20-17(21)14-8-7-13(18(22)23)11(3)19-14/h6-10H,4-5H2,1-3H3,(H,20,21)(H,22,23). The fourth-order valence-corrected chi connectivity index (χ4v) is 2.24. The van der Waals surface area contributed by atoms with E-state index in [0.717, 1.165) is 0 Å². The number of rotatable bonds is 7. The average molecular weight is 344 g/mol. The van der Waals surface area contributed by atoms with E-state index >= 15 is 0 Å². The van der Waals surface area contributed by atoms with Gasteiger partial charge < -0.3 is 19.9 Å². The molecule has 1 amide bonds. The lowest BCUT2D eigenvalue weighted by molar-refractivity contribution is 0.0695. The number of carbonyl (C=O) groups is 2. The second kappa shape index (κ2) is 8.14. The van der Waals surface area contributed by atoms with Gasteiger partial charge in [0.25, 0.3) is 5.91 Å². The number of aromatic carboxylic acids is 1. The van der Waals surface area contributed by atoms with E-state index in [9.17, 15) is 9.59 Å². The van der Waals surface area contributed by atoms with Crippen molar-refractivity contribution in [2.75, 3.05) is 18.5 Å². The zero-order valence-corrected chi connectivity index (χ0v) is 14.3. The highest BCUT2D eigenvalue weighted by atomic mass is 16.5. The molecule has 0 aliphatic heterocycles. The first-order valence-corrected chi connectivity index (χ1v) is 7.88. The molecule has 25 heavy (non-hydrogen) atoms. The van der Waals surface area contributed by atoms with Crippen LogP contribution in [0.3, 0.4) is 0 Å². The van der Waals surface area contributed by atoms with E-state index in [-0.39, 0.29) is 17.0 Å². The number of anilines is 1. The third kappa shape index (κ3) is 4.47. The summed E-state index contributed by atoms with van der Waals surface area (Å²) in [5, 5.41) is 11.8. The number of nitrogens with zero attached hydrogens (tertiary/aromatic N) is 1. The molecule has 0 radical (unpaired) electrons. The van der Waals surface area contributed by atoms with E-state index in [2.05, 4.69) is 10.3 Å². The smallest absolute Gasteiger partial charge is 0.337 e. The Kier molecular flexibility index (Phi) is 5.94. The normalized spacial score (nSPS) is 10.2. The van der Waals surface area contributed by atoms with Crippen LogP contribution in [0.5, 0.6) is 11.5 Å². The minimum atomic E-state index is -1.08. The molecule has 132 valence electrons. The summed E-state index contributed by atoms with van der Waals surface area (Å²) in [6.07, 6.45) is 0. The molecule has 2 rings (SSSR count). The first kappa shape index (κ1) is 18.3. The Morgan fingerprint density at radius 2 is 1.84 bits per heavy atom. The number of aromatic nitrogens is 1. The van der Waals surface area contributed by atoms with Crippen LogP contribution in [0.1, 0.15) is 40.4 Å². The van der Waals surface area contributed by atoms with Crippen molar-refractivity contribution < 1.29 is 24.2 Å². The van der Waals surface area contributed by atoms with Crippen molar-refractivity contribution in [3.63, 3.8) is 0 Å². The number of hydrogen-bond acceptors (Lipinski definition) is 5. The van der Waals surface area contributed by atoms with Crippen molar-refractivity contribution in [2.24, 2.45) is 0 Å². The van der Waals surface area contributed by atoms with Gasteiger partial charge in [-0.2, -0.15) is 0 Å². The second-order valence-electron chi connectivity index (χ2n) is 5.11. The maximum Gasteiger partial charge on any atom is 0.337 e. The summed E-state index contributed by atoms with van der Waals surface area (Å²) in [6.45, 7) is 6.20. The minimum Gasteiger partial charge on any atom is -0.494 e. The molecule has 7 heteroatoms. The average Bonchev–Trinajstić information content (AvgIpc) is 2.57. The predicted molar refractivity (Wildman–Crippen MR) is 92.7 cm³/mol. The maximum absolute atomic E-state index is 12.5. The Hall–Kier alpha value is -3.09. The van der Waals surface area contributed by atoms with Crippen LogP contribution in [-0.2, 0) is 0 Å². The van der Waals surface area contributed by atoms with Crippen LogP contribution < -0.4 is 14.8 Å². The topological polar surface area (TPSA) is 97.8 Å². The van der Waals surface area contributed by atoms with Crippen LogP contribution >= 0.6 is 0 Å². The fraction of sp³-hybridized carbons (Fsp3) is 0.278. The van der Waals surface area contributed by atoms with Gasteiger partial charge in [-0.05, 0) is 45.0 Å². The van der Waals surface area contributed by atoms with Crippen LogP contribution in [-0.4, -0.2) is 35.2 Å². The zero-order chi connectivity index (χ0) is 18.4. The summed E-state index contributed by atoms with van der Waals surface area (Å²) in [7, 11) is 0. The molecule has 0 atom stereocenters. The number of benzene rings is 1. The van der Waals surface area contributed by atoms with Crippen LogP contribution in [0.25, 0.3) is 0 Å². The molecule has 0 aliphatic rings. The molecule has 1 aromatic heterocycles. The number of pyridine rings is 1. The van der Waals surface area contributed by atoms with Gasteiger partial charge in [-0.1, -0.05) is 0 Å². The summed E-state index contributed by atoms with van der Waals surface area (Å²) >= 11 is 0. The number of carboxylic acids is 1. The fourth-order valence-electron chi connectivity index (χ4n) is 2.24. The van der Waals surface area contributed by atoms with Gasteiger partial charge >= 0.3 is 5.97 Å². The molecular weight excluding hydrogens is 324 g/mol. The number of amides is 1. The van der Waals surface area contributed by atoms with Gasteiger partial charge in [-0.15, -0.1) is 0 Å². The highest BCUT2D eigenvalue weighted by molar-refractivity contribution is 6.04. The largest absolute Gasteiger partial charge is 0.494 e. The summed E-state index contributed by atoms with van der Waals surface area (Å²) in [4.78, 5) is 27.6. The van der Waals surface area contributed by atoms with Crippen molar-refractivity contribution in [2.45, 2.75) is 20.8 Å². The highest BCUT2D eigenvalue weighted by Crippen LogP contribution is 2.29. The molecule has 7 nitrogen and oxygen atoms in total. The van der Waals surface area contributed by atoms with Crippen LogP contribution in [0.4, 0.5) is 5.69 Å². The van der Waals surface area contributed by atoms with E-state index in [4.69, 9.17) is 14.6 Å². The van der Waals surface area contributed by atoms with Crippen molar-refractivity contribution in [3.05, 3.63) is 47.3 Å². The molecule has 0 fully saturated rings. The van der Waals surface area contributed by atoms with Gasteiger partial charge in [0.1, 0.15) is 17.2 Å². The summed E-state index contributed by atoms with van der Waals surface area (Å²) in [5.74, 6) is -0.431. The Morgan fingerprint density at radius 1 is 1.12 bits per heavy atom. The van der Waals surface area contributed by atoms with Crippen molar-refractivity contribution in [3.8, 4) is 11.5 Å². The van der Waals surface area contributed by atoms with Gasteiger partial charge in [-0.25, -0.2) is 9.78 Å². The lowest BCUT2D eigenvalue weighted by Gasteiger charge is -2.13. The van der Waals surface area contributed by atoms with Crippen molar-refractivity contribution >= 4 is 17.6 Å². The van der Waals surface area contributed by atoms with Gasteiger partial charge in [0, 0.05) is 6.07 Å². The molecule has 0 unspecified atom stereocenters. The second-order valence-corrected chi connectivity index (χ2v) is 5.11. The van der Waals surface area contributed by atoms with E-state index in [1.54, 1.807) is 25.1 Å². The van der Waals surface area contributed by atoms with E-state index in [0.29, 0.717) is 30.4 Å². The molecule has 2 aromatic rings. The predicted octanol–water partition coefficient (Wildman–Crippen LogP) is 3.14. The molecule has 2 N–H and O–H groups in total. The summed E-state index contributed by atoms with van der Waals surface area (Å²) in [6, 6.07) is 7.88. The van der Waals surface area contributed by atoms with Gasteiger partial charge in [0.2, 0.25) is 0 Å². The Morgan fingerprint density at radius 3 is 2.44 bits per heavy atom. The van der Waals surface area contributed by atoms with E-state index in [1.165, 1.54) is 12.1 Å². The first-order valence-electron chi connectivity index (χ1n) is 7.88. The zero-order valence-electron chi connectivity index (χ0n) is 14.3. The molecule has 0 saturated carbocycles. The van der Waals surface area contributed by atoms with E-state index < -0.39 is 11.9 Å². The van der Waals surface area contributed by atoms with Crippen LogP contribution in [0, 0.1) is 6.92 Å². The Balaban J connectivity index is 2.28. The number of ether oxygens (including phenoxy) is 2. The van der Waals surface area contributed by atoms with Crippen molar-refractivity contribution in [1.82, 2.24) is 4.98 Å². The molecule has 0 aliphatic carbocycles. The maximum atomic E-state index is 12.5. The Bertz CT molecular complexity index is 789. The molecule has 0 bridgehead atoms. The summed E-state index contributed by atoms with van der Waals surface area (Å²) < 4.78 is 11.0. The van der Waals surface area contributed by atoms with Gasteiger partial charge in [0.15, 0.2) is 0 Å². The lowest BCUT2D eigenvalue weighted by atomic mass is 10.2. The van der Waals surface area contributed by atoms with Crippen LogP contribution in [0.15, 0.2) is 30.3 Å².